The molecular weight excluding hydrogens is 212 g/mol. The number of ether oxygens (including phenoxy) is 1. The molecule has 1 atom stereocenters. The Hall–Kier alpha value is -1.16. The minimum Gasteiger partial charge on any atom is -0.465 e. The van der Waals surface area contributed by atoms with Crippen LogP contribution in [-0.2, 0) is 21.3 Å². The van der Waals surface area contributed by atoms with Crippen LogP contribution in [0.2, 0.25) is 0 Å². The van der Waals surface area contributed by atoms with Crippen LogP contribution >= 0.6 is 0 Å². The van der Waals surface area contributed by atoms with Crippen LogP contribution in [-0.4, -0.2) is 23.0 Å². The summed E-state index contributed by atoms with van der Waals surface area (Å²) in [6.45, 7) is 1.89. The topological polar surface area (TPSA) is 43.4 Å². The lowest BCUT2D eigenvalue weighted by molar-refractivity contribution is 0.0600. The average molecular weight is 226 g/mol. The van der Waals surface area contributed by atoms with Gasteiger partial charge in [-0.25, -0.2) is 4.79 Å². The fraction of sp³-hybridized carbons (Fsp3) is 0.364. The van der Waals surface area contributed by atoms with E-state index in [0.717, 1.165) is 5.56 Å². The van der Waals surface area contributed by atoms with E-state index >= 15 is 0 Å². The van der Waals surface area contributed by atoms with Gasteiger partial charge >= 0.3 is 5.97 Å². The molecule has 0 aliphatic rings. The first-order valence-corrected chi connectivity index (χ1v) is 6.18. The van der Waals surface area contributed by atoms with Crippen LogP contribution in [0, 0.1) is 0 Å². The van der Waals surface area contributed by atoms with Crippen LogP contribution in [0.4, 0.5) is 0 Å². The summed E-state index contributed by atoms with van der Waals surface area (Å²) in [5, 5.41) is 0. The molecule has 0 N–H and O–H groups in total. The Bertz CT molecular complexity index is 357. The smallest absolute Gasteiger partial charge is 0.337 e. The average Bonchev–Trinajstić information content (AvgIpc) is 2.29. The Labute approximate surface area is 91.9 Å². The van der Waals surface area contributed by atoms with Gasteiger partial charge in [0, 0.05) is 22.3 Å². The molecule has 15 heavy (non-hydrogen) atoms. The fourth-order valence-corrected chi connectivity index (χ4v) is 1.91. The quantitative estimate of drug-likeness (QED) is 0.734. The van der Waals surface area contributed by atoms with Crippen molar-refractivity contribution in [3.05, 3.63) is 35.4 Å². The van der Waals surface area contributed by atoms with Crippen LogP contribution in [0.25, 0.3) is 0 Å². The first-order chi connectivity index (χ1) is 7.17. The number of benzene rings is 1. The van der Waals surface area contributed by atoms with E-state index in [1.165, 1.54) is 7.11 Å². The molecule has 1 unspecified atom stereocenters. The molecule has 4 heteroatoms. The molecule has 0 aliphatic heterocycles. The Morgan fingerprint density at radius 2 is 1.93 bits per heavy atom. The monoisotopic (exact) mass is 226 g/mol. The van der Waals surface area contributed by atoms with Crippen LogP contribution in [0.3, 0.4) is 0 Å². The van der Waals surface area contributed by atoms with Gasteiger partial charge in [-0.3, -0.25) is 4.21 Å². The SMILES string of the molecule is CCS(=O)Cc1ccc(C(=O)OC)cc1. The molecule has 0 heterocycles. The molecule has 0 aliphatic carbocycles. The summed E-state index contributed by atoms with van der Waals surface area (Å²) in [5.74, 6) is 0.842. The van der Waals surface area contributed by atoms with Crippen molar-refractivity contribution in [2.45, 2.75) is 12.7 Å². The number of rotatable bonds is 4. The fourth-order valence-electron chi connectivity index (χ4n) is 1.14. The van der Waals surface area contributed by atoms with Crippen LogP contribution in [0.5, 0.6) is 0 Å². The second kappa shape index (κ2) is 5.66. The van der Waals surface area contributed by atoms with Gasteiger partial charge in [0.2, 0.25) is 0 Å². The summed E-state index contributed by atoms with van der Waals surface area (Å²) in [4.78, 5) is 11.1. The number of methoxy groups -OCH3 is 1. The molecule has 0 radical (unpaired) electrons. The van der Waals surface area contributed by atoms with E-state index < -0.39 is 10.8 Å². The van der Waals surface area contributed by atoms with Crippen LogP contribution in [0.15, 0.2) is 24.3 Å². The number of hydrogen-bond acceptors (Lipinski definition) is 3. The highest BCUT2D eigenvalue weighted by Gasteiger charge is 2.05. The zero-order valence-corrected chi connectivity index (χ0v) is 9.67. The number of esters is 1. The van der Waals surface area contributed by atoms with Crippen molar-refractivity contribution in [2.75, 3.05) is 12.9 Å². The predicted octanol–water partition coefficient (Wildman–Crippen LogP) is 1.74. The Kier molecular flexibility index (Phi) is 4.49. The maximum absolute atomic E-state index is 11.3. The van der Waals surface area contributed by atoms with Crippen molar-refractivity contribution >= 4 is 16.8 Å². The summed E-state index contributed by atoms with van der Waals surface area (Å²) in [6, 6.07) is 6.99. The van der Waals surface area contributed by atoms with Gasteiger partial charge in [-0.15, -0.1) is 0 Å². The highest BCUT2D eigenvalue weighted by Crippen LogP contribution is 2.07. The molecule has 0 amide bonds. The standard InChI is InChI=1S/C11H14O3S/c1-3-15(13)8-9-4-6-10(7-5-9)11(12)14-2/h4-7H,3,8H2,1-2H3. The van der Waals surface area contributed by atoms with Gasteiger partial charge in [0.1, 0.15) is 0 Å². The molecule has 0 bridgehead atoms. The minimum atomic E-state index is -0.813. The number of hydrogen-bond donors (Lipinski definition) is 0. The molecule has 82 valence electrons. The van der Waals surface area contributed by atoms with Gasteiger partial charge < -0.3 is 4.74 Å². The van der Waals surface area contributed by atoms with Crippen molar-refractivity contribution < 1.29 is 13.7 Å². The second-order valence-electron chi connectivity index (χ2n) is 3.06. The molecule has 3 nitrogen and oxygen atoms in total. The van der Waals surface area contributed by atoms with E-state index in [0.29, 0.717) is 17.1 Å². The van der Waals surface area contributed by atoms with Crippen molar-refractivity contribution in [3.63, 3.8) is 0 Å². The highest BCUT2D eigenvalue weighted by molar-refractivity contribution is 7.84. The lowest BCUT2D eigenvalue weighted by Gasteiger charge is -2.02. The molecular formula is C11H14O3S. The van der Waals surface area contributed by atoms with Gasteiger partial charge in [0.25, 0.3) is 0 Å². The third-order valence-corrected chi connectivity index (χ3v) is 3.32. The van der Waals surface area contributed by atoms with E-state index in [9.17, 15) is 9.00 Å². The van der Waals surface area contributed by atoms with E-state index in [1.807, 2.05) is 6.92 Å². The summed E-state index contributed by atoms with van der Waals surface area (Å²) >= 11 is 0. The largest absolute Gasteiger partial charge is 0.465 e. The Morgan fingerprint density at radius 3 is 2.40 bits per heavy atom. The molecule has 0 saturated carbocycles. The minimum absolute atomic E-state index is 0.349. The Morgan fingerprint density at radius 1 is 1.33 bits per heavy atom. The molecule has 0 aromatic heterocycles. The highest BCUT2D eigenvalue weighted by atomic mass is 32.2. The Balaban J connectivity index is 2.72. The zero-order valence-electron chi connectivity index (χ0n) is 8.86. The third kappa shape index (κ3) is 3.47. The molecule has 0 saturated heterocycles. The van der Waals surface area contributed by atoms with Crippen molar-refractivity contribution in [3.8, 4) is 0 Å². The summed E-state index contributed by atoms with van der Waals surface area (Å²) < 4.78 is 15.9. The van der Waals surface area contributed by atoms with Crippen molar-refractivity contribution in [1.82, 2.24) is 0 Å². The van der Waals surface area contributed by atoms with Gasteiger partial charge in [-0.1, -0.05) is 19.1 Å². The van der Waals surface area contributed by atoms with E-state index in [2.05, 4.69) is 4.74 Å². The van der Waals surface area contributed by atoms with Gasteiger partial charge in [0.15, 0.2) is 0 Å². The molecule has 0 fully saturated rings. The van der Waals surface area contributed by atoms with E-state index in [-0.39, 0.29) is 5.97 Å². The molecule has 1 rings (SSSR count). The van der Waals surface area contributed by atoms with Gasteiger partial charge in [0.05, 0.1) is 12.7 Å². The maximum atomic E-state index is 11.3. The van der Waals surface area contributed by atoms with Crippen molar-refractivity contribution in [1.29, 1.82) is 0 Å². The molecule has 1 aromatic rings. The summed E-state index contributed by atoms with van der Waals surface area (Å²) in [6.07, 6.45) is 0. The third-order valence-electron chi connectivity index (χ3n) is 2.02. The first kappa shape index (κ1) is 11.9. The lowest BCUT2D eigenvalue weighted by Crippen LogP contribution is -2.02. The van der Waals surface area contributed by atoms with Gasteiger partial charge in [-0.05, 0) is 17.7 Å². The second-order valence-corrected chi connectivity index (χ2v) is 4.81. The summed E-state index contributed by atoms with van der Waals surface area (Å²) in [5.41, 5.74) is 1.49. The number of carbonyl (C=O) groups excluding carboxylic acids is 1. The predicted molar refractivity (Wildman–Crippen MR) is 60.2 cm³/mol. The normalized spacial score (nSPS) is 12.1. The molecule has 0 spiro atoms. The van der Waals surface area contributed by atoms with Crippen molar-refractivity contribution in [2.24, 2.45) is 0 Å². The van der Waals surface area contributed by atoms with Crippen LogP contribution < -0.4 is 0 Å². The lowest BCUT2D eigenvalue weighted by atomic mass is 10.1. The molecule has 1 aromatic carbocycles. The van der Waals surface area contributed by atoms with E-state index in [1.54, 1.807) is 24.3 Å². The maximum Gasteiger partial charge on any atom is 0.337 e. The van der Waals surface area contributed by atoms with Gasteiger partial charge in [-0.2, -0.15) is 0 Å². The number of carbonyl (C=O) groups is 1. The van der Waals surface area contributed by atoms with E-state index in [4.69, 9.17) is 0 Å². The zero-order chi connectivity index (χ0) is 11.3. The first-order valence-electron chi connectivity index (χ1n) is 4.69. The summed E-state index contributed by atoms with van der Waals surface area (Å²) in [7, 11) is 0.536. The van der Waals surface area contributed by atoms with Crippen LogP contribution in [0.1, 0.15) is 22.8 Å².